The molecule has 0 spiro atoms. The van der Waals surface area contributed by atoms with Crippen LogP contribution in [0.4, 0.5) is 0 Å². The molecule has 1 aromatic rings. The van der Waals surface area contributed by atoms with E-state index < -0.39 is 0 Å². The van der Waals surface area contributed by atoms with Crippen LogP contribution in [-0.4, -0.2) is 6.61 Å². The van der Waals surface area contributed by atoms with E-state index in [-0.39, 0.29) is 6.04 Å². The van der Waals surface area contributed by atoms with Crippen LogP contribution < -0.4 is 10.5 Å². The molecule has 2 nitrogen and oxygen atoms in total. The van der Waals surface area contributed by atoms with Crippen LogP contribution in [0.5, 0.6) is 5.75 Å². The molecular weight excluding hydrogens is 198 g/mol. The number of nitrogens with two attached hydrogens (primary N) is 1. The zero-order valence-corrected chi connectivity index (χ0v) is 9.99. The number of hydrogen-bond donors (Lipinski definition) is 1. The summed E-state index contributed by atoms with van der Waals surface area (Å²) in [5.41, 5.74) is 7.21. The zero-order chi connectivity index (χ0) is 11.8. The summed E-state index contributed by atoms with van der Waals surface area (Å²) in [6, 6.07) is 8.12. The summed E-state index contributed by atoms with van der Waals surface area (Å²) in [6.07, 6.45) is 4.80. The molecule has 0 bridgehead atoms. The van der Waals surface area contributed by atoms with Gasteiger partial charge in [0.25, 0.3) is 0 Å². The van der Waals surface area contributed by atoms with Crippen LogP contribution in [0.15, 0.2) is 36.9 Å². The molecule has 1 atom stereocenters. The fraction of sp³-hybridized carbons (Fsp3) is 0.429. The third kappa shape index (κ3) is 4.07. The van der Waals surface area contributed by atoms with Gasteiger partial charge in [0.05, 0.1) is 6.61 Å². The van der Waals surface area contributed by atoms with Crippen molar-refractivity contribution in [3.63, 3.8) is 0 Å². The molecule has 2 N–H and O–H groups in total. The Kier molecular flexibility index (Phi) is 5.65. The van der Waals surface area contributed by atoms with Gasteiger partial charge in [-0.25, -0.2) is 0 Å². The van der Waals surface area contributed by atoms with Crippen molar-refractivity contribution in [1.82, 2.24) is 0 Å². The normalized spacial score (nSPS) is 12.1. The second kappa shape index (κ2) is 7.07. The lowest BCUT2D eigenvalue weighted by Gasteiger charge is -2.12. The molecule has 0 saturated heterocycles. The predicted molar refractivity (Wildman–Crippen MR) is 68.6 cm³/mol. The minimum Gasteiger partial charge on any atom is -0.494 e. The summed E-state index contributed by atoms with van der Waals surface area (Å²) in [4.78, 5) is 0. The first kappa shape index (κ1) is 12.8. The molecule has 0 amide bonds. The fourth-order valence-electron chi connectivity index (χ4n) is 1.52. The van der Waals surface area contributed by atoms with Gasteiger partial charge in [0, 0.05) is 6.04 Å². The molecule has 1 aromatic carbocycles. The molecule has 16 heavy (non-hydrogen) atoms. The zero-order valence-electron chi connectivity index (χ0n) is 9.99. The maximum absolute atomic E-state index is 6.08. The van der Waals surface area contributed by atoms with E-state index in [1.54, 1.807) is 0 Å². The SMILES string of the molecule is C=CCCC(N)c1cccc(OCCC)c1. The van der Waals surface area contributed by atoms with Crippen LogP contribution in [-0.2, 0) is 0 Å². The van der Waals surface area contributed by atoms with Crippen molar-refractivity contribution in [2.24, 2.45) is 5.73 Å². The van der Waals surface area contributed by atoms with Crippen LogP contribution in [0.25, 0.3) is 0 Å². The molecule has 1 unspecified atom stereocenters. The Morgan fingerprint density at radius 2 is 2.31 bits per heavy atom. The first-order valence-corrected chi connectivity index (χ1v) is 5.87. The molecule has 2 heteroatoms. The third-order valence-electron chi connectivity index (χ3n) is 2.44. The first-order valence-electron chi connectivity index (χ1n) is 5.87. The van der Waals surface area contributed by atoms with E-state index in [0.29, 0.717) is 0 Å². The molecule has 0 fully saturated rings. The lowest BCUT2D eigenvalue weighted by Crippen LogP contribution is -2.09. The summed E-state index contributed by atoms with van der Waals surface area (Å²) in [7, 11) is 0. The van der Waals surface area contributed by atoms with Gasteiger partial charge in [-0.2, -0.15) is 0 Å². The van der Waals surface area contributed by atoms with Crippen molar-refractivity contribution >= 4 is 0 Å². The van der Waals surface area contributed by atoms with Crippen molar-refractivity contribution in [3.8, 4) is 5.75 Å². The number of rotatable bonds is 7. The second-order valence-corrected chi connectivity index (χ2v) is 3.89. The van der Waals surface area contributed by atoms with Gasteiger partial charge in [-0.3, -0.25) is 0 Å². The number of hydrogen-bond acceptors (Lipinski definition) is 2. The summed E-state index contributed by atoms with van der Waals surface area (Å²) in [5, 5.41) is 0. The van der Waals surface area contributed by atoms with Crippen molar-refractivity contribution in [2.45, 2.75) is 32.2 Å². The third-order valence-corrected chi connectivity index (χ3v) is 2.44. The van der Waals surface area contributed by atoms with E-state index >= 15 is 0 Å². The Bertz CT molecular complexity index is 322. The molecule has 0 aliphatic rings. The van der Waals surface area contributed by atoms with Crippen molar-refractivity contribution in [2.75, 3.05) is 6.61 Å². The van der Waals surface area contributed by atoms with Crippen LogP contribution in [0.1, 0.15) is 37.8 Å². The Hall–Kier alpha value is -1.28. The van der Waals surface area contributed by atoms with E-state index in [0.717, 1.165) is 37.2 Å². The highest BCUT2D eigenvalue weighted by Crippen LogP contribution is 2.21. The summed E-state index contributed by atoms with van der Waals surface area (Å²) >= 11 is 0. The molecule has 0 heterocycles. The van der Waals surface area contributed by atoms with Gasteiger partial charge in [0.15, 0.2) is 0 Å². The minimum atomic E-state index is 0.0724. The highest BCUT2D eigenvalue weighted by Gasteiger charge is 2.05. The monoisotopic (exact) mass is 219 g/mol. The van der Waals surface area contributed by atoms with Gasteiger partial charge in [-0.05, 0) is 37.0 Å². The smallest absolute Gasteiger partial charge is 0.119 e. The van der Waals surface area contributed by atoms with Crippen LogP contribution in [0.2, 0.25) is 0 Å². The Morgan fingerprint density at radius 3 is 3.00 bits per heavy atom. The molecule has 0 aromatic heterocycles. The Balaban J connectivity index is 2.61. The van der Waals surface area contributed by atoms with Crippen molar-refractivity contribution in [3.05, 3.63) is 42.5 Å². The van der Waals surface area contributed by atoms with Gasteiger partial charge < -0.3 is 10.5 Å². The summed E-state index contributed by atoms with van der Waals surface area (Å²) in [5.74, 6) is 0.911. The van der Waals surface area contributed by atoms with Gasteiger partial charge >= 0.3 is 0 Å². The van der Waals surface area contributed by atoms with Gasteiger partial charge in [0.1, 0.15) is 5.75 Å². The molecule has 0 saturated carbocycles. The summed E-state index contributed by atoms with van der Waals surface area (Å²) in [6.45, 7) is 6.56. The van der Waals surface area contributed by atoms with Gasteiger partial charge in [0.2, 0.25) is 0 Å². The van der Waals surface area contributed by atoms with Crippen molar-refractivity contribution in [1.29, 1.82) is 0 Å². The molecular formula is C14H21NO. The van der Waals surface area contributed by atoms with E-state index in [2.05, 4.69) is 13.5 Å². The molecule has 0 aliphatic carbocycles. The lowest BCUT2D eigenvalue weighted by molar-refractivity contribution is 0.317. The van der Waals surface area contributed by atoms with E-state index in [4.69, 9.17) is 10.5 Å². The molecule has 1 rings (SSSR count). The van der Waals surface area contributed by atoms with Crippen LogP contribution in [0, 0.1) is 0 Å². The average Bonchev–Trinajstić information content (AvgIpc) is 2.33. The standard InChI is InChI=1S/C14H21NO/c1-3-5-9-14(15)12-7-6-8-13(11-12)16-10-4-2/h3,6-8,11,14H,1,4-5,9-10,15H2,2H3. The largest absolute Gasteiger partial charge is 0.494 e. The van der Waals surface area contributed by atoms with Crippen molar-refractivity contribution < 1.29 is 4.74 Å². The number of allylic oxidation sites excluding steroid dienone is 1. The quantitative estimate of drug-likeness (QED) is 0.713. The predicted octanol–water partition coefficient (Wildman–Crippen LogP) is 3.44. The lowest BCUT2D eigenvalue weighted by atomic mass is 10.0. The van der Waals surface area contributed by atoms with Gasteiger partial charge in [-0.1, -0.05) is 25.1 Å². The summed E-state index contributed by atoms with van der Waals surface area (Å²) < 4.78 is 5.57. The first-order chi connectivity index (χ1) is 7.77. The van der Waals surface area contributed by atoms with E-state index in [1.807, 2.05) is 30.3 Å². The maximum Gasteiger partial charge on any atom is 0.119 e. The maximum atomic E-state index is 6.08. The van der Waals surface area contributed by atoms with Crippen LogP contribution >= 0.6 is 0 Å². The Morgan fingerprint density at radius 1 is 1.50 bits per heavy atom. The van der Waals surface area contributed by atoms with Crippen LogP contribution in [0.3, 0.4) is 0 Å². The topological polar surface area (TPSA) is 35.2 Å². The molecule has 0 aliphatic heterocycles. The van der Waals surface area contributed by atoms with E-state index in [1.165, 1.54) is 0 Å². The minimum absolute atomic E-state index is 0.0724. The molecule has 88 valence electrons. The van der Waals surface area contributed by atoms with Gasteiger partial charge in [-0.15, -0.1) is 6.58 Å². The highest BCUT2D eigenvalue weighted by molar-refractivity contribution is 5.30. The average molecular weight is 219 g/mol. The second-order valence-electron chi connectivity index (χ2n) is 3.89. The molecule has 0 radical (unpaired) electrons. The van der Waals surface area contributed by atoms with E-state index in [9.17, 15) is 0 Å². The highest BCUT2D eigenvalue weighted by atomic mass is 16.5. The Labute approximate surface area is 98.1 Å². The number of benzene rings is 1. The fourth-order valence-corrected chi connectivity index (χ4v) is 1.52. The number of ether oxygens (including phenoxy) is 1.